The Morgan fingerprint density at radius 2 is 2.12 bits per heavy atom. The highest BCUT2D eigenvalue weighted by Gasteiger charge is 2.42. The van der Waals surface area contributed by atoms with Gasteiger partial charge in [-0.25, -0.2) is 4.79 Å². The summed E-state index contributed by atoms with van der Waals surface area (Å²) in [6.45, 7) is 3.87. The zero-order chi connectivity index (χ0) is 18.1. The SMILES string of the molecule is CC(C)[C@@H](C(=O)O)N1C(=O)/C(=C\C2=Cc3ccccc3OC2)SC1=S. The van der Waals surface area contributed by atoms with E-state index < -0.39 is 12.0 Å². The Morgan fingerprint density at radius 3 is 2.80 bits per heavy atom. The van der Waals surface area contributed by atoms with Gasteiger partial charge in [0.1, 0.15) is 22.7 Å². The third-order valence-electron chi connectivity index (χ3n) is 3.96. The van der Waals surface area contributed by atoms with Gasteiger partial charge >= 0.3 is 5.97 Å². The number of amides is 1. The van der Waals surface area contributed by atoms with Crippen molar-refractivity contribution < 1.29 is 19.4 Å². The molecule has 2 aliphatic rings. The number of carbonyl (C=O) groups excluding carboxylic acids is 1. The van der Waals surface area contributed by atoms with Crippen molar-refractivity contribution in [2.75, 3.05) is 6.61 Å². The molecular weight excluding hydrogens is 358 g/mol. The van der Waals surface area contributed by atoms with Crippen molar-refractivity contribution in [1.29, 1.82) is 0 Å². The Kier molecular flexibility index (Phi) is 4.96. The Balaban J connectivity index is 1.89. The lowest BCUT2D eigenvalue weighted by molar-refractivity contribution is -0.146. The summed E-state index contributed by atoms with van der Waals surface area (Å²) >= 11 is 6.38. The predicted octanol–water partition coefficient (Wildman–Crippen LogP) is 3.32. The maximum absolute atomic E-state index is 12.7. The van der Waals surface area contributed by atoms with Crippen LogP contribution >= 0.6 is 24.0 Å². The molecule has 2 aliphatic heterocycles. The molecule has 1 amide bonds. The molecule has 1 saturated heterocycles. The fourth-order valence-electron chi connectivity index (χ4n) is 2.80. The Labute approximate surface area is 155 Å². The van der Waals surface area contributed by atoms with Gasteiger partial charge in [0.15, 0.2) is 0 Å². The number of hydrogen-bond acceptors (Lipinski definition) is 5. The number of carboxylic acid groups (broad SMARTS) is 1. The molecule has 0 spiro atoms. The maximum atomic E-state index is 12.7. The third-order valence-corrected chi connectivity index (χ3v) is 5.29. The summed E-state index contributed by atoms with van der Waals surface area (Å²) in [6, 6.07) is 6.69. The molecule has 1 aromatic rings. The number of rotatable bonds is 4. The van der Waals surface area contributed by atoms with Crippen LogP contribution in [0, 0.1) is 5.92 Å². The predicted molar refractivity (Wildman–Crippen MR) is 101 cm³/mol. The Morgan fingerprint density at radius 1 is 1.40 bits per heavy atom. The molecule has 0 bridgehead atoms. The second-order valence-corrected chi connectivity index (χ2v) is 7.80. The normalized spacial score (nSPS) is 19.7. The van der Waals surface area contributed by atoms with E-state index in [1.165, 1.54) is 4.90 Å². The molecule has 1 fully saturated rings. The molecule has 1 N–H and O–H groups in total. The van der Waals surface area contributed by atoms with Crippen molar-refractivity contribution in [3.63, 3.8) is 0 Å². The van der Waals surface area contributed by atoms with Gasteiger partial charge in [0.05, 0.1) is 4.91 Å². The zero-order valence-corrected chi connectivity index (χ0v) is 15.4. The molecule has 1 aromatic carbocycles. The molecule has 0 aliphatic carbocycles. The van der Waals surface area contributed by atoms with E-state index in [1.54, 1.807) is 19.9 Å². The van der Waals surface area contributed by atoms with Crippen LogP contribution < -0.4 is 4.74 Å². The lowest BCUT2D eigenvalue weighted by Crippen LogP contribution is -2.47. The van der Waals surface area contributed by atoms with E-state index in [9.17, 15) is 14.7 Å². The van der Waals surface area contributed by atoms with Gasteiger partial charge in [-0.15, -0.1) is 0 Å². The van der Waals surface area contributed by atoms with Gasteiger partial charge in [-0.05, 0) is 29.7 Å². The summed E-state index contributed by atoms with van der Waals surface area (Å²) < 4.78 is 5.96. The molecule has 1 atom stereocenters. The second kappa shape index (κ2) is 7.01. The monoisotopic (exact) mass is 375 g/mol. The number of hydrogen-bond donors (Lipinski definition) is 1. The lowest BCUT2D eigenvalue weighted by atomic mass is 10.0. The molecule has 5 nitrogen and oxygen atoms in total. The summed E-state index contributed by atoms with van der Waals surface area (Å²) in [5.74, 6) is -0.862. The average Bonchev–Trinajstić information content (AvgIpc) is 2.82. The fraction of sp³-hybridized carbons (Fsp3) is 0.278. The number of thiocarbonyl (C=S) groups is 1. The van der Waals surface area contributed by atoms with Gasteiger partial charge in [0.2, 0.25) is 0 Å². The zero-order valence-electron chi connectivity index (χ0n) is 13.8. The van der Waals surface area contributed by atoms with Crippen LogP contribution in [0.2, 0.25) is 0 Å². The van der Waals surface area contributed by atoms with Gasteiger partial charge in [-0.2, -0.15) is 0 Å². The number of fused-ring (bicyclic) bond motifs is 1. The summed E-state index contributed by atoms with van der Waals surface area (Å²) in [7, 11) is 0. The van der Waals surface area contributed by atoms with Crippen molar-refractivity contribution in [1.82, 2.24) is 4.90 Å². The molecule has 2 heterocycles. The maximum Gasteiger partial charge on any atom is 0.327 e. The summed E-state index contributed by atoms with van der Waals surface area (Å²) in [5, 5.41) is 9.44. The van der Waals surface area contributed by atoms with Gasteiger partial charge < -0.3 is 9.84 Å². The van der Waals surface area contributed by atoms with Crippen LogP contribution in [0.5, 0.6) is 5.75 Å². The quantitative estimate of drug-likeness (QED) is 0.643. The van der Waals surface area contributed by atoms with Gasteiger partial charge in [-0.1, -0.05) is 56.0 Å². The molecule has 25 heavy (non-hydrogen) atoms. The first-order valence-corrected chi connectivity index (χ1v) is 9.03. The smallest absolute Gasteiger partial charge is 0.327 e. The van der Waals surface area contributed by atoms with Crippen LogP contribution in [0.25, 0.3) is 6.08 Å². The molecule has 0 radical (unpaired) electrons. The van der Waals surface area contributed by atoms with Crippen molar-refractivity contribution in [2.45, 2.75) is 19.9 Å². The number of thioether (sulfide) groups is 1. The molecule has 3 rings (SSSR count). The van der Waals surface area contributed by atoms with Gasteiger partial charge in [0.25, 0.3) is 5.91 Å². The van der Waals surface area contributed by atoms with Crippen molar-refractivity contribution in [3.05, 3.63) is 46.4 Å². The third kappa shape index (κ3) is 3.48. The van der Waals surface area contributed by atoms with Gasteiger partial charge in [0, 0.05) is 5.56 Å². The fourth-order valence-corrected chi connectivity index (χ4v) is 4.14. The minimum absolute atomic E-state index is 0.247. The summed E-state index contributed by atoms with van der Waals surface area (Å²) in [5.41, 5.74) is 1.79. The van der Waals surface area contributed by atoms with Crippen LogP contribution in [0.3, 0.4) is 0 Å². The topological polar surface area (TPSA) is 66.8 Å². The van der Waals surface area contributed by atoms with E-state index in [2.05, 4.69) is 0 Å². The number of nitrogens with zero attached hydrogens (tertiary/aromatic N) is 1. The van der Waals surface area contributed by atoms with Crippen molar-refractivity contribution in [2.24, 2.45) is 5.92 Å². The number of ether oxygens (including phenoxy) is 1. The van der Waals surface area contributed by atoms with E-state index in [-0.39, 0.29) is 16.1 Å². The molecular formula is C18H17NO4S2. The Bertz CT molecular complexity index is 813. The van der Waals surface area contributed by atoms with Crippen LogP contribution in [0.4, 0.5) is 0 Å². The first kappa shape index (κ1) is 17.7. The molecule has 0 aromatic heterocycles. The van der Waals surface area contributed by atoms with E-state index in [1.807, 2.05) is 30.3 Å². The first-order valence-electron chi connectivity index (χ1n) is 7.80. The molecule has 0 unspecified atom stereocenters. The largest absolute Gasteiger partial charge is 0.488 e. The number of carboxylic acids is 1. The van der Waals surface area contributed by atoms with Crippen molar-refractivity contribution >= 4 is 46.3 Å². The average molecular weight is 375 g/mol. The summed E-state index contributed by atoms with van der Waals surface area (Å²) in [4.78, 5) is 25.9. The van der Waals surface area contributed by atoms with Crippen LogP contribution in [0.15, 0.2) is 40.8 Å². The summed E-state index contributed by atoms with van der Waals surface area (Å²) in [6.07, 6.45) is 3.69. The van der Waals surface area contributed by atoms with Gasteiger partial charge in [-0.3, -0.25) is 9.69 Å². The number of para-hydroxylation sites is 1. The van der Waals surface area contributed by atoms with Crippen LogP contribution in [0.1, 0.15) is 19.4 Å². The first-order chi connectivity index (χ1) is 11.9. The second-order valence-electron chi connectivity index (χ2n) is 6.12. The van der Waals surface area contributed by atoms with E-state index in [0.717, 1.165) is 28.6 Å². The highest BCUT2D eigenvalue weighted by Crippen LogP contribution is 2.36. The minimum Gasteiger partial charge on any atom is -0.488 e. The highest BCUT2D eigenvalue weighted by molar-refractivity contribution is 8.26. The standard InChI is InChI=1S/C18H17NO4S2/c1-10(2)15(17(21)22)19-16(20)14(25-18(19)24)8-11-7-12-5-3-4-6-13(12)23-9-11/h3-8,10,15H,9H2,1-2H3,(H,21,22)/b14-8+/t15-/m0/s1. The molecule has 130 valence electrons. The Hall–Kier alpha value is -2.12. The number of benzene rings is 1. The van der Waals surface area contributed by atoms with Crippen LogP contribution in [-0.4, -0.2) is 38.9 Å². The van der Waals surface area contributed by atoms with E-state index in [0.29, 0.717) is 11.5 Å². The molecule has 7 heteroatoms. The number of aliphatic carboxylic acids is 1. The van der Waals surface area contributed by atoms with Crippen LogP contribution in [-0.2, 0) is 9.59 Å². The number of carbonyl (C=O) groups is 2. The minimum atomic E-state index is -1.05. The van der Waals surface area contributed by atoms with E-state index >= 15 is 0 Å². The van der Waals surface area contributed by atoms with E-state index in [4.69, 9.17) is 17.0 Å². The highest BCUT2D eigenvalue weighted by atomic mass is 32.2. The van der Waals surface area contributed by atoms with Crippen molar-refractivity contribution in [3.8, 4) is 5.75 Å². The lowest BCUT2D eigenvalue weighted by Gasteiger charge is -2.26. The molecule has 0 saturated carbocycles.